The Morgan fingerprint density at radius 3 is 2.82 bits per heavy atom. The summed E-state index contributed by atoms with van der Waals surface area (Å²) in [6.45, 7) is 4.47. The minimum absolute atomic E-state index is 0.0855. The molecule has 1 atom stereocenters. The van der Waals surface area contributed by atoms with Crippen molar-refractivity contribution in [2.24, 2.45) is 11.7 Å². The van der Waals surface area contributed by atoms with Gasteiger partial charge >= 0.3 is 0 Å². The number of thiophene rings is 1. The topological polar surface area (TPSA) is 55.1 Å². The lowest BCUT2D eigenvalue weighted by atomic mass is 9.90. The molecule has 1 saturated carbocycles. The van der Waals surface area contributed by atoms with Gasteiger partial charge in [0.05, 0.1) is 5.41 Å². The molecule has 0 aromatic carbocycles. The molecule has 94 valence electrons. The van der Waals surface area contributed by atoms with Gasteiger partial charge < -0.3 is 11.1 Å². The molecule has 1 aromatic heterocycles. The van der Waals surface area contributed by atoms with E-state index >= 15 is 0 Å². The lowest BCUT2D eigenvalue weighted by molar-refractivity contribution is -0.126. The molecule has 0 bridgehead atoms. The van der Waals surface area contributed by atoms with E-state index in [1.807, 2.05) is 31.4 Å². The maximum Gasteiger partial charge on any atom is 0.231 e. The molecule has 1 unspecified atom stereocenters. The normalized spacial score (nSPS) is 17.8. The summed E-state index contributed by atoms with van der Waals surface area (Å²) in [5.74, 6) is 0.686. The molecule has 3 nitrogen and oxygen atoms in total. The van der Waals surface area contributed by atoms with Gasteiger partial charge in [0.1, 0.15) is 0 Å². The smallest absolute Gasteiger partial charge is 0.231 e. The third-order valence-electron chi connectivity index (χ3n) is 3.47. The van der Waals surface area contributed by atoms with E-state index in [4.69, 9.17) is 5.73 Å². The van der Waals surface area contributed by atoms with E-state index < -0.39 is 5.41 Å². The van der Waals surface area contributed by atoms with Crippen LogP contribution in [-0.2, 0) is 10.2 Å². The van der Waals surface area contributed by atoms with Crippen molar-refractivity contribution in [1.29, 1.82) is 0 Å². The van der Waals surface area contributed by atoms with Crippen molar-refractivity contribution in [3.63, 3.8) is 0 Å². The summed E-state index contributed by atoms with van der Waals surface area (Å²) >= 11 is 1.62. The van der Waals surface area contributed by atoms with Crippen molar-refractivity contribution in [2.45, 2.75) is 38.1 Å². The summed E-state index contributed by atoms with van der Waals surface area (Å²) in [5.41, 5.74) is 5.25. The fraction of sp³-hybridized carbons (Fsp3) is 0.615. The number of carbonyl (C=O) groups excluding carboxylic acids is 1. The van der Waals surface area contributed by atoms with Gasteiger partial charge in [0.2, 0.25) is 5.91 Å². The molecular weight excluding hydrogens is 232 g/mol. The third-order valence-corrected chi connectivity index (χ3v) is 4.66. The van der Waals surface area contributed by atoms with E-state index in [9.17, 15) is 4.79 Å². The minimum atomic E-state index is -0.462. The van der Waals surface area contributed by atoms with Crippen LogP contribution >= 0.6 is 11.3 Å². The molecule has 1 heterocycles. The second-order valence-corrected chi connectivity index (χ2v) is 6.20. The van der Waals surface area contributed by atoms with Crippen LogP contribution in [0.3, 0.4) is 0 Å². The first-order chi connectivity index (χ1) is 8.05. The van der Waals surface area contributed by atoms with Crippen molar-refractivity contribution < 1.29 is 4.79 Å². The highest BCUT2D eigenvalue weighted by molar-refractivity contribution is 7.10. The van der Waals surface area contributed by atoms with Crippen LogP contribution in [-0.4, -0.2) is 18.5 Å². The molecule has 3 N–H and O–H groups in total. The maximum atomic E-state index is 12.3. The Labute approximate surface area is 106 Å². The van der Waals surface area contributed by atoms with Crippen LogP contribution in [0.5, 0.6) is 0 Å². The summed E-state index contributed by atoms with van der Waals surface area (Å²) in [4.78, 5) is 13.4. The Balaban J connectivity index is 2.03. The summed E-state index contributed by atoms with van der Waals surface area (Å²) in [5, 5.41) is 5.11. The van der Waals surface area contributed by atoms with E-state index in [1.54, 1.807) is 11.3 Å². The van der Waals surface area contributed by atoms with Crippen LogP contribution in [0, 0.1) is 5.92 Å². The SMILES string of the molecule is CC(C)(C(=O)NC(CN)C1CC1)c1cccs1. The zero-order valence-electron chi connectivity index (χ0n) is 10.4. The van der Waals surface area contributed by atoms with Crippen molar-refractivity contribution >= 4 is 17.2 Å². The van der Waals surface area contributed by atoms with Gasteiger partial charge in [-0.1, -0.05) is 6.07 Å². The van der Waals surface area contributed by atoms with Crippen molar-refractivity contribution in [3.05, 3.63) is 22.4 Å². The number of amides is 1. The first kappa shape index (κ1) is 12.6. The average molecular weight is 252 g/mol. The molecule has 0 spiro atoms. The Morgan fingerprint density at radius 1 is 1.65 bits per heavy atom. The van der Waals surface area contributed by atoms with E-state index in [-0.39, 0.29) is 11.9 Å². The molecule has 1 aliphatic carbocycles. The quantitative estimate of drug-likeness (QED) is 0.840. The number of hydrogen-bond donors (Lipinski definition) is 2. The molecule has 1 aromatic rings. The number of rotatable bonds is 5. The third kappa shape index (κ3) is 2.69. The Morgan fingerprint density at radius 2 is 2.35 bits per heavy atom. The van der Waals surface area contributed by atoms with Gasteiger partial charge in [-0.25, -0.2) is 0 Å². The van der Waals surface area contributed by atoms with Gasteiger partial charge in [-0.3, -0.25) is 4.79 Å². The first-order valence-electron chi connectivity index (χ1n) is 6.10. The van der Waals surface area contributed by atoms with E-state index in [1.165, 1.54) is 12.8 Å². The monoisotopic (exact) mass is 252 g/mol. The highest BCUT2D eigenvalue weighted by atomic mass is 32.1. The van der Waals surface area contributed by atoms with E-state index in [0.29, 0.717) is 12.5 Å². The molecular formula is C13H20N2OS. The standard InChI is InChI=1S/C13H20N2OS/c1-13(2,11-4-3-7-17-11)12(16)15-10(8-14)9-5-6-9/h3-4,7,9-10H,5-6,8,14H2,1-2H3,(H,15,16). The van der Waals surface area contributed by atoms with Crippen LogP contribution in [0.25, 0.3) is 0 Å². The molecule has 4 heteroatoms. The summed E-state index contributed by atoms with van der Waals surface area (Å²) in [7, 11) is 0. The second kappa shape index (κ2) is 4.78. The van der Waals surface area contributed by atoms with Crippen molar-refractivity contribution in [3.8, 4) is 0 Å². The first-order valence-corrected chi connectivity index (χ1v) is 6.98. The molecule has 1 fully saturated rings. The maximum absolute atomic E-state index is 12.3. The van der Waals surface area contributed by atoms with Crippen LogP contribution in [0.4, 0.5) is 0 Å². The molecule has 1 amide bonds. The minimum Gasteiger partial charge on any atom is -0.351 e. The highest BCUT2D eigenvalue weighted by Crippen LogP contribution is 2.33. The molecule has 0 radical (unpaired) electrons. The lowest BCUT2D eigenvalue weighted by Gasteiger charge is -2.26. The molecule has 0 saturated heterocycles. The van der Waals surface area contributed by atoms with Gasteiger partial charge in [0.15, 0.2) is 0 Å². The zero-order chi connectivity index (χ0) is 12.5. The summed E-state index contributed by atoms with van der Waals surface area (Å²) < 4.78 is 0. The average Bonchev–Trinajstić information content (AvgIpc) is 2.98. The van der Waals surface area contributed by atoms with E-state index in [0.717, 1.165) is 4.88 Å². The lowest BCUT2D eigenvalue weighted by Crippen LogP contribution is -2.48. The van der Waals surface area contributed by atoms with Crippen LogP contribution in [0.2, 0.25) is 0 Å². The molecule has 17 heavy (non-hydrogen) atoms. The van der Waals surface area contributed by atoms with E-state index in [2.05, 4.69) is 5.32 Å². The van der Waals surface area contributed by atoms with Gasteiger partial charge in [0.25, 0.3) is 0 Å². The van der Waals surface area contributed by atoms with Crippen molar-refractivity contribution in [2.75, 3.05) is 6.54 Å². The van der Waals surface area contributed by atoms with Crippen LogP contribution in [0.15, 0.2) is 17.5 Å². The van der Waals surface area contributed by atoms with Gasteiger partial charge in [-0.05, 0) is 44.1 Å². The van der Waals surface area contributed by atoms with Crippen LogP contribution < -0.4 is 11.1 Å². The van der Waals surface area contributed by atoms with Crippen LogP contribution in [0.1, 0.15) is 31.6 Å². The molecule has 2 rings (SSSR count). The van der Waals surface area contributed by atoms with Gasteiger partial charge in [-0.2, -0.15) is 0 Å². The number of nitrogens with two attached hydrogens (primary N) is 1. The zero-order valence-corrected chi connectivity index (χ0v) is 11.2. The Bertz CT molecular complexity index is 382. The fourth-order valence-electron chi connectivity index (χ4n) is 1.96. The largest absolute Gasteiger partial charge is 0.351 e. The number of nitrogens with one attached hydrogen (secondary N) is 1. The summed E-state index contributed by atoms with van der Waals surface area (Å²) in [6, 6.07) is 4.15. The molecule has 1 aliphatic rings. The summed E-state index contributed by atoms with van der Waals surface area (Å²) in [6.07, 6.45) is 2.39. The Kier molecular flexibility index (Phi) is 3.54. The predicted molar refractivity (Wildman–Crippen MR) is 71.1 cm³/mol. The van der Waals surface area contributed by atoms with Gasteiger partial charge in [0, 0.05) is 17.5 Å². The highest BCUT2D eigenvalue weighted by Gasteiger charge is 2.36. The number of hydrogen-bond acceptors (Lipinski definition) is 3. The van der Waals surface area contributed by atoms with Crippen molar-refractivity contribution in [1.82, 2.24) is 5.32 Å². The Hall–Kier alpha value is -0.870. The fourth-order valence-corrected chi connectivity index (χ4v) is 2.81. The predicted octanol–water partition coefficient (Wildman–Crippen LogP) is 1.88. The van der Waals surface area contributed by atoms with Gasteiger partial charge in [-0.15, -0.1) is 11.3 Å². The second-order valence-electron chi connectivity index (χ2n) is 5.26. The number of carbonyl (C=O) groups is 1. The molecule has 0 aliphatic heterocycles.